The molecule has 1 atom stereocenters. The highest BCUT2D eigenvalue weighted by atomic mass is 35.5. The van der Waals surface area contributed by atoms with Gasteiger partial charge in [-0.05, 0) is 24.7 Å². The van der Waals surface area contributed by atoms with E-state index >= 15 is 0 Å². The summed E-state index contributed by atoms with van der Waals surface area (Å²) < 4.78 is 82.3. The molecule has 0 amide bonds. The second-order valence-corrected chi connectivity index (χ2v) is 7.63. The van der Waals surface area contributed by atoms with Gasteiger partial charge in [-0.1, -0.05) is 23.7 Å². The van der Waals surface area contributed by atoms with Crippen LogP contribution in [-0.4, -0.2) is 26.2 Å². The molecule has 0 fully saturated rings. The molecule has 0 saturated carbocycles. The van der Waals surface area contributed by atoms with Crippen molar-refractivity contribution >= 4 is 21.6 Å². The van der Waals surface area contributed by atoms with Crippen molar-refractivity contribution in [3.8, 4) is 0 Å². The van der Waals surface area contributed by atoms with E-state index in [0.29, 0.717) is 10.8 Å². The SMILES string of the molecule is CNS(=O)(=O)c1c(F)cn(C)c(=O)c1C(c1ccc(Cl)cc1)C(F)(F)F. The van der Waals surface area contributed by atoms with Gasteiger partial charge in [-0.15, -0.1) is 0 Å². The van der Waals surface area contributed by atoms with Gasteiger partial charge in [-0.2, -0.15) is 13.2 Å². The van der Waals surface area contributed by atoms with Crippen molar-refractivity contribution in [1.82, 2.24) is 9.29 Å². The number of hydrogen-bond acceptors (Lipinski definition) is 3. The van der Waals surface area contributed by atoms with Crippen LogP contribution in [0.2, 0.25) is 5.02 Å². The molecule has 1 heterocycles. The zero-order valence-corrected chi connectivity index (χ0v) is 15.0. The molecule has 1 aromatic heterocycles. The fraction of sp³-hybridized carbons (Fsp3) is 0.267. The molecule has 2 rings (SSSR count). The van der Waals surface area contributed by atoms with Gasteiger partial charge in [0.1, 0.15) is 10.8 Å². The first-order valence-corrected chi connectivity index (χ1v) is 8.91. The average molecular weight is 413 g/mol. The zero-order valence-electron chi connectivity index (χ0n) is 13.4. The molecule has 0 spiro atoms. The van der Waals surface area contributed by atoms with E-state index < -0.39 is 49.5 Å². The number of nitrogens with one attached hydrogen (secondary N) is 1. The molecule has 26 heavy (non-hydrogen) atoms. The molecule has 1 unspecified atom stereocenters. The first-order valence-electron chi connectivity index (χ1n) is 7.05. The first kappa shape index (κ1) is 20.4. The Morgan fingerprint density at radius 3 is 2.19 bits per heavy atom. The highest BCUT2D eigenvalue weighted by Crippen LogP contribution is 2.41. The second-order valence-electron chi connectivity index (χ2n) is 5.37. The van der Waals surface area contributed by atoms with Crippen molar-refractivity contribution in [2.75, 3.05) is 7.05 Å². The molecule has 1 aromatic carbocycles. The number of rotatable bonds is 4. The number of pyridine rings is 1. The standard InChI is InChI=1S/C15H13ClF4N2O3S/c1-21-26(24,25)13-10(17)7-22(2)14(23)11(13)12(15(18,19)20)8-3-5-9(16)6-4-8/h3-7,12,21H,1-2H3. The van der Waals surface area contributed by atoms with Crippen molar-refractivity contribution in [2.24, 2.45) is 7.05 Å². The summed E-state index contributed by atoms with van der Waals surface area (Å²) in [5.74, 6) is -4.13. The molecule has 0 radical (unpaired) electrons. The summed E-state index contributed by atoms with van der Waals surface area (Å²) in [6.45, 7) is 0. The van der Waals surface area contributed by atoms with Crippen molar-refractivity contribution in [3.05, 3.63) is 62.8 Å². The Labute approximate surface area is 151 Å². The maximum atomic E-state index is 14.3. The van der Waals surface area contributed by atoms with Crippen molar-refractivity contribution in [2.45, 2.75) is 17.0 Å². The monoisotopic (exact) mass is 412 g/mol. The number of aryl methyl sites for hydroxylation is 1. The van der Waals surface area contributed by atoms with E-state index in [4.69, 9.17) is 11.6 Å². The number of sulfonamides is 1. The van der Waals surface area contributed by atoms with E-state index in [1.54, 1.807) is 4.72 Å². The third-order valence-electron chi connectivity index (χ3n) is 3.68. The van der Waals surface area contributed by atoms with Gasteiger partial charge in [0.25, 0.3) is 5.56 Å². The Kier molecular flexibility index (Phi) is 5.50. The van der Waals surface area contributed by atoms with Crippen LogP contribution in [0.15, 0.2) is 40.2 Å². The summed E-state index contributed by atoms with van der Waals surface area (Å²) in [6.07, 6.45) is -4.54. The predicted octanol–water partition coefficient (Wildman–Crippen LogP) is 2.78. The smallest absolute Gasteiger partial charge is 0.315 e. The Morgan fingerprint density at radius 2 is 1.73 bits per heavy atom. The van der Waals surface area contributed by atoms with Crippen LogP contribution in [0.3, 0.4) is 0 Å². The van der Waals surface area contributed by atoms with E-state index in [1.807, 2.05) is 0 Å². The summed E-state index contributed by atoms with van der Waals surface area (Å²) in [4.78, 5) is 11.1. The van der Waals surface area contributed by atoms with Crippen LogP contribution in [0, 0.1) is 5.82 Å². The van der Waals surface area contributed by atoms with Crippen molar-refractivity contribution in [1.29, 1.82) is 0 Å². The lowest BCUT2D eigenvalue weighted by atomic mass is 9.91. The lowest BCUT2D eigenvalue weighted by molar-refractivity contribution is -0.142. The van der Waals surface area contributed by atoms with E-state index in [2.05, 4.69) is 0 Å². The molecule has 5 nitrogen and oxygen atoms in total. The molecule has 0 bridgehead atoms. The molecule has 1 N–H and O–H groups in total. The van der Waals surface area contributed by atoms with Crippen LogP contribution in [0.5, 0.6) is 0 Å². The quantitative estimate of drug-likeness (QED) is 0.785. The minimum absolute atomic E-state index is 0.143. The van der Waals surface area contributed by atoms with Crippen molar-refractivity contribution < 1.29 is 26.0 Å². The molecule has 2 aromatic rings. The number of benzene rings is 1. The minimum Gasteiger partial charge on any atom is -0.315 e. The Hall–Kier alpha value is -1.91. The van der Waals surface area contributed by atoms with Gasteiger partial charge in [0, 0.05) is 18.3 Å². The normalized spacial score (nSPS) is 13.7. The maximum absolute atomic E-state index is 14.3. The van der Waals surface area contributed by atoms with Crippen LogP contribution in [0.1, 0.15) is 17.0 Å². The number of nitrogens with zero attached hydrogens (tertiary/aromatic N) is 1. The summed E-state index contributed by atoms with van der Waals surface area (Å²) >= 11 is 5.67. The Morgan fingerprint density at radius 1 is 1.19 bits per heavy atom. The Balaban J connectivity index is 2.98. The van der Waals surface area contributed by atoms with Gasteiger partial charge < -0.3 is 4.57 Å². The largest absolute Gasteiger partial charge is 0.399 e. The molecule has 0 aliphatic rings. The molecular formula is C15H13ClF4N2O3S. The van der Waals surface area contributed by atoms with Crippen LogP contribution in [-0.2, 0) is 17.1 Å². The predicted molar refractivity (Wildman–Crippen MR) is 87.2 cm³/mol. The van der Waals surface area contributed by atoms with Gasteiger partial charge in [0.15, 0.2) is 5.82 Å². The minimum atomic E-state index is -5.06. The third kappa shape index (κ3) is 3.76. The van der Waals surface area contributed by atoms with E-state index in [0.717, 1.165) is 38.4 Å². The number of hydrogen-bond donors (Lipinski definition) is 1. The first-order chi connectivity index (χ1) is 11.9. The summed E-state index contributed by atoms with van der Waals surface area (Å²) in [7, 11) is -2.75. The van der Waals surface area contributed by atoms with Crippen molar-refractivity contribution in [3.63, 3.8) is 0 Å². The molecule has 0 saturated heterocycles. The number of alkyl halides is 3. The Bertz CT molecular complexity index is 986. The van der Waals surface area contributed by atoms with Crippen LogP contribution in [0.25, 0.3) is 0 Å². The van der Waals surface area contributed by atoms with E-state index in [-0.39, 0.29) is 5.02 Å². The number of aromatic nitrogens is 1. The fourth-order valence-electron chi connectivity index (χ4n) is 2.51. The molecule has 11 heteroatoms. The van der Waals surface area contributed by atoms with Gasteiger partial charge >= 0.3 is 6.18 Å². The maximum Gasteiger partial charge on any atom is 0.399 e. The van der Waals surface area contributed by atoms with Crippen LogP contribution < -0.4 is 10.3 Å². The summed E-state index contributed by atoms with van der Waals surface area (Å²) in [5.41, 5.74) is -2.95. The van der Waals surface area contributed by atoms with Gasteiger partial charge in [0.05, 0.1) is 5.56 Å². The van der Waals surface area contributed by atoms with Gasteiger partial charge in [-0.25, -0.2) is 17.5 Å². The highest BCUT2D eigenvalue weighted by molar-refractivity contribution is 7.89. The van der Waals surface area contributed by atoms with Crippen LogP contribution >= 0.6 is 11.6 Å². The summed E-state index contributed by atoms with van der Waals surface area (Å²) in [5, 5.41) is 0.143. The fourth-order valence-corrected chi connectivity index (χ4v) is 3.64. The van der Waals surface area contributed by atoms with E-state index in [9.17, 15) is 30.8 Å². The zero-order chi connectivity index (χ0) is 19.9. The average Bonchev–Trinajstić information content (AvgIpc) is 2.52. The molecule has 0 aliphatic carbocycles. The van der Waals surface area contributed by atoms with Crippen LogP contribution in [0.4, 0.5) is 17.6 Å². The third-order valence-corrected chi connectivity index (χ3v) is 5.42. The van der Waals surface area contributed by atoms with Gasteiger partial charge in [0.2, 0.25) is 10.0 Å². The van der Waals surface area contributed by atoms with Gasteiger partial charge in [-0.3, -0.25) is 4.79 Å². The number of halogens is 5. The van der Waals surface area contributed by atoms with E-state index in [1.165, 1.54) is 0 Å². The highest BCUT2D eigenvalue weighted by Gasteiger charge is 2.47. The lowest BCUT2D eigenvalue weighted by Gasteiger charge is -2.23. The summed E-state index contributed by atoms with van der Waals surface area (Å²) in [6, 6.07) is 4.32. The lowest BCUT2D eigenvalue weighted by Crippen LogP contribution is -2.36. The molecule has 0 aliphatic heterocycles. The molecule has 142 valence electrons. The topological polar surface area (TPSA) is 68.2 Å². The molecular weight excluding hydrogens is 400 g/mol. The second kappa shape index (κ2) is 7.01.